The van der Waals surface area contributed by atoms with Gasteiger partial charge in [-0.05, 0) is 61.4 Å². The highest BCUT2D eigenvalue weighted by molar-refractivity contribution is 6.52. The molecule has 1 fully saturated rings. The van der Waals surface area contributed by atoms with E-state index in [-0.39, 0.29) is 22.8 Å². The molecule has 7 nitrogen and oxygen atoms in total. The minimum absolute atomic E-state index is 0.0781. The van der Waals surface area contributed by atoms with Gasteiger partial charge in [0.15, 0.2) is 11.5 Å². The van der Waals surface area contributed by atoms with E-state index in [1.54, 1.807) is 56.3 Å². The van der Waals surface area contributed by atoms with Crippen molar-refractivity contribution in [1.29, 1.82) is 0 Å². The Labute approximate surface area is 195 Å². The summed E-state index contributed by atoms with van der Waals surface area (Å²) in [6.07, 6.45) is 2.96. The molecule has 1 unspecified atom stereocenters. The fourth-order valence-electron chi connectivity index (χ4n) is 3.89. The third-order valence-corrected chi connectivity index (χ3v) is 5.91. The molecule has 2 heterocycles. The van der Waals surface area contributed by atoms with Crippen molar-refractivity contribution < 1.29 is 24.5 Å². The largest absolute Gasteiger partial charge is 0.507 e. The number of nitrogens with zero attached hydrogens (tertiary/aromatic N) is 2. The predicted molar refractivity (Wildman–Crippen MR) is 124 cm³/mol. The third kappa shape index (κ3) is 3.91. The van der Waals surface area contributed by atoms with Crippen LogP contribution in [0.2, 0.25) is 5.02 Å². The lowest BCUT2D eigenvalue weighted by molar-refractivity contribution is -0.132. The highest BCUT2D eigenvalue weighted by Gasteiger charge is 2.47. The molecule has 2 N–H and O–H groups in total. The number of rotatable bonds is 5. The van der Waals surface area contributed by atoms with Crippen LogP contribution in [0.3, 0.4) is 0 Å². The minimum atomic E-state index is -0.977. The number of halogens is 1. The van der Waals surface area contributed by atoms with Gasteiger partial charge in [-0.2, -0.15) is 0 Å². The number of aromatic nitrogens is 1. The molecule has 0 bridgehead atoms. The van der Waals surface area contributed by atoms with Gasteiger partial charge >= 0.3 is 0 Å². The average Bonchev–Trinajstić information content (AvgIpc) is 3.08. The zero-order chi connectivity index (χ0) is 23.7. The molecule has 1 saturated heterocycles. The molecule has 3 aromatic rings. The normalized spacial score (nSPS) is 17.4. The first kappa shape index (κ1) is 22.4. The number of aliphatic hydroxyl groups excluding tert-OH is 1. The lowest BCUT2D eigenvalue weighted by Crippen LogP contribution is -2.30. The maximum atomic E-state index is 13.3. The van der Waals surface area contributed by atoms with Crippen LogP contribution in [0.15, 0.2) is 66.5 Å². The van der Waals surface area contributed by atoms with Gasteiger partial charge in [-0.25, -0.2) is 0 Å². The maximum absolute atomic E-state index is 13.3. The monoisotopic (exact) mass is 464 g/mol. The molecule has 1 atom stereocenters. The summed E-state index contributed by atoms with van der Waals surface area (Å²) in [6.45, 7) is 3.83. The van der Waals surface area contributed by atoms with Crippen molar-refractivity contribution in [2.75, 3.05) is 11.5 Å². The standard InChI is InChI=1S/C25H21ClN2O5/c1-3-33-20-13-16(7-8-19(20)29)22-21(23(30)15-9-11-27-12-10-15)24(31)25(32)28(22)18-6-4-5-17(26)14(18)2/h4-13,22,29-30H,3H2,1-2H3/b23-21+. The van der Waals surface area contributed by atoms with Crippen molar-refractivity contribution >= 4 is 34.7 Å². The molecule has 2 aromatic carbocycles. The number of ketones is 1. The number of carbonyl (C=O) groups is 2. The number of amides is 1. The lowest BCUT2D eigenvalue weighted by atomic mass is 9.95. The number of hydrogen-bond donors (Lipinski definition) is 2. The van der Waals surface area contributed by atoms with Crippen LogP contribution in [0.1, 0.15) is 29.7 Å². The van der Waals surface area contributed by atoms with Crippen LogP contribution >= 0.6 is 11.6 Å². The van der Waals surface area contributed by atoms with Gasteiger partial charge < -0.3 is 14.9 Å². The number of aliphatic hydroxyl groups is 1. The van der Waals surface area contributed by atoms with Crippen molar-refractivity contribution in [3.8, 4) is 11.5 Å². The molecule has 0 spiro atoms. The Balaban J connectivity index is 1.99. The number of carbonyl (C=O) groups excluding carboxylic acids is 2. The predicted octanol–water partition coefficient (Wildman–Crippen LogP) is 4.77. The number of benzene rings is 2. The first-order chi connectivity index (χ1) is 15.8. The van der Waals surface area contributed by atoms with Gasteiger partial charge in [-0.1, -0.05) is 23.7 Å². The Morgan fingerprint density at radius 3 is 2.58 bits per heavy atom. The molecule has 1 aliphatic rings. The highest BCUT2D eigenvalue weighted by Crippen LogP contribution is 2.45. The summed E-state index contributed by atoms with van der Waals surface area (Å²) in [4.78, 5) is 31.7. The summed E-state index contributed by atoms with van der Waals surface area (Å²) >= 11 is 6.31. The molecule has 0 aliphatic carbocycles. The number of aromatic hydroxyl groups is 1. The van der Waals surface area contributed by atoms with E-state index in [4.69, 9.17) is 16.3 Å². The molecule has 1 amide bonds. The van der Waals surface area contributed by atoms with Crippen molar-refractivity contribution in [3.05, 3.63) is 88.2 Å². The van der Waals surface area contributed by atoms with Crippen molar-refractivity contribution in [1.82, 2.24) is 4.98 Å². The fourth-order valence-corrected chi connectivity index (χ4v) is 4.06. The number of phenolic OH excluding ortho intramolecular Hbond substituents is 1. The second kappa shape index (κ2) is 8.96. The lowest BCUT2D eigenvalue weighted by Gasteiger charge is -2.27. The quantitative estimate of drug-likeness (QED) is 0.320. The van der Waals surface area contributed by atoms with Gasteiger partial charge in [-0.3, -0.25) is 19.5 Å². The second-order valence-corrected chi connectivity index (χ2v) is 7.86. The van der Waals surface area contributed by atoms with E-state index in [2.05, 4.69) is 4.98 Å². The van der Waals surface area contributed by atoms with Crippen LogP contribution < -0.4 is 9.64 Å². The Morgan fingerprint density at radius 1 is 1.15 bits per heavy atom. The molecular formula is C25H21ClN2O5. The Kier molecular flexibility index (Phi) is 6.07. The van der Waals surface area contributed by atoms with Crippen LogP contribution in [0.5, 0.6) is 11.5 Å². The fraction of sp³-hybridized carbons (Fsp3) is 0.160. The SMILES string of the molecule is CCOc1cc(C2/C(=C(\O)c3ccncc3)C(=O)C(=O)N2c2cccc(Cl)c2C)ccc1O. The highest BCUT2D eigenvalue weighted by atomic mass is 35.5. The number of phenols is 1. The number of pyridine rings is 1. The van der Waals surface area contributed by atoms with Crippen molar-refractivity contribution in [2.45, 2.75) is 19.9 Å². The van der Waals surface area contributed by atoms with Crippen LogP contribution in [0.4, 0.5) is 5.69 Å². The third-order valence-electron chi connectivity index (χ3n) is 5.50. The average molecular weight is 465 g/mol. The molecule has 1 aliphatic heterocycles. The molecule has 168 valence electrons. The van der Waals surface area contributed by atoms with E-state index in [1.165, 1.54) is 23.4 Å². The van der Waals surface area contributed by atoms with Gasteiger partial charge in [0.05, 0.1) is 18.2 Å². The van der Waals surface area contributed by atoms with E-state index >= 15 is 0 Å². The second-order valence-electron chi connectivity index (χ2n) is 7.45. The van der Waals surface area contributed by atoms with Crippen LogP contribution in [-0.2, 0) is 9.59 Å². The van der Waals surface area contributed by atoms with Crippen molar-refractivity contribution in [3.63, 3.8) is 0 Å². The molecule has 33 heavy (non-hydrogen) atoms. The number of Topliss-reactive ketones (excluding diaryl/α,β-unsaturated/α-hetero) is 1. The summed E-state index contributed by atoms with van der Waals surface area (Å²) in [6, 6.07) is 11.8. The van der Waals surface area contributed by atoms with Gasteiger partial charge in [0.1, 0.15) is 5.76 Å². The summed E-state index contributed by atoms with van der Waals surface area (Å²) in [7, 11) is 0. The van der Waals surface area contributed by atoms with Crippen LogP contribution in [0.25, 0.3) is 5.76 Å². The van der Waals surface area contributed by atoms with E-state index in [0.717, 1.165) is 0 Å². The molecule has 1 aromatic heterocycles. The minimum Gasteiger partial charge on any atom is -0.507 e. The van der Waals surface area contributed by atoms with E-state index in [1.807, 2.05) is 0 Å². The smallest absolute Gasteiger partial charge is 0.300 e. The van der Waals surface area contributed by atoms with Crippen molar-refractivity contribution in [2.24, 2.45) is 0 Å². The van der Waals surface area contributed by atoms with Gasteiger partial charge in [0.25, 0.3) is 11.7 Å². The van der Waals surface area contributed by atoms with Crippen LogP contribution in [0, 0.1) is 6.92 Å². The van der Waals surface area contributed by atoms with Gasteiger partial charge in [0.2, 0.25) is 0 Å². The number of anilines is 1. The summed E-state index contributed by atoms with van der Waals surface area (Å²) in [5.41, 5.74) is 1.79. The molecular weight excluding hydrogens is 444 g/mol. The molecule has 0 saturated carbocycles. The summed E-state index contributed by atoms with van der Waals surface area (Å²) in [5.74, 6) is -1.83. The Bertz CT molecular complexity index is 1270. The van der Waals surface area contributed by atoms with E-state index in [9.17, 15) is 19.8 Å². The summed E-state index contributed by atoms with van der Waals surface area (Å²) in [5, 5.41) is 21.7. The number of ether oxygens (including phenoxy) is 1. The Morgan fingerprint density at radius 2 is 1.88 bits per heavy atom. The zero-order valence-electron chi connectivity index (χ0n) is 17.9. The van der Waals surface area contributed by atoms with Gasteiger partial charge in [-0.15, -0.1) is 0 Å². The molecule has 0 radical (unpaired) electrons. The van der Waals surface area contributed by atoms with Crippen LogP contribution in [-0.4, -0.2) is 33.5 Å². The first-order valence-corrected chi connectivity index (χ1v) is 10.6. The first-order valence-electron chi connectivity index (χ1n) is 10.3. The van der Waals surface area contributed by atoms with Gasteiger partial charge in [0, 0.05) is 28.7 Å². The van der Waals surface area contributed by atoms with E-state index < -0.39 is 17.7 Å². The Hall–Kier alpha value is -3.84. The number of hydrogen-bond acceptors (Lipinski definition) is 6. The molecule has 4 rings (SSSR count). The maximum Gasteiger partial charge on any atom is 0.300 e. The molecule has 8 heteroatoms. The van der Waals surface area contributed by atoms with E-state index in [0.29, 0.717) is 34.0 Å². The topological polar surface area (TPSA) is 100.0 Å². The summed E-state index contributed by atoms with van der Waals surface area (Å²) < 4.78 is 5.51. The zero-order valence-corrected chi connectivity index (χ0v) is 18.7.